The van der Waals surface area contributed by atoms with E-state index in [1.807, 2.05) is 25.1 Å². The van der Waals surface area contributed by atoms with Gasteiger partial charge in [0.1, 0.15) is 6.07 Å². The maximum absolute atomic E-state index is 9.72. The average molecular weight is 230 g/mol. The van der Waals surface area contributed by atoms with E-state index in [1.54, 1.807) is 0 Å². The fraction of sp³-hybridized carbons (Fsp3) is 0.500. The molecule has 0 amide bonds. The molecule has 3 nitrogen and oxygen atoms in total. The molecule has 1 N–H and O–H groups in total. The first-order chi connectivity index (χ1) is 8.11. The van der Waals surface area contributed by atoms with E-state index in [0.717, 1.165) is 36.3 Å². The van der Waals surface area contributed by atoms with Gasteiger partial charge in [0.15, 0.2) is 0 Å². The summed E-state index contributed by atoms with van der Waals surface area (Å²) >= 11 is 0. The summed E-state index contributed by atoms with van der Waals surface area (Å²) in [6.07, 6.45) is 0.571. The second kappa shape index (κ2) is 4.77. The van der Waals surface area contributed by atoms with E-state index < -0.39 is 0 Å². The van der Waals surface area contributed by atoms with Crippen LogP contribution >= 0.6 is 0 Å². The van der Waals surface area contributed by atoms with E-state index in [1.165, 1.54) is 0 Å². The maximum atomic E-state index is 9.72. The Labute approximate surface area is 102 Å². The molecule has 0 radical (unpaired) electrons. The first-order valence-electron chi connectivity index (χ1n) is 6.05. The molecule has 90 valence electrons. The van der Waals surface area contributed by atoms with Crippen molar-refractivity contribution in [2.75, 3.05) is 18.0 Å². The van der Waals surface area contributed by atoms with Gasteiger partial charge in [-0.2, -0.15) is 5.26 Å². The van der Waals surface area contributed by atoms with Gasteiger partial charge in [0.05, 0.1) is 17.4 Å². The lowest BCUT2D eigenvalue weighted by Gasteiger charge is -2.36. The summed E-state index contributed by atoms with van der Waals surface area (Å²) in [5.74, 6) is 0.261. The number of aryl methyl sites for hydroxylation is 1. The number of aliphatic hydroxyl groups is 1. The minimum Gasteiger partial charge on any atom is -0.393 e. The van der Waals surface area contributed by atoms with Crippen LogP contribution in [0.15, 0.2) is 18.2 Å². The van der Waals surface area contributed by atoms with Crippen LogP contribution in [0.3, 0.4) is 0 Å². The van der Waals surface area contributed by atoms with Crippen molar-refractivity contribution in [1.82, 2.24) is 0 Å². The van der Waals surface area contributed by atoms with Crippen LogP contribution in [0.2, 0.25) is 0 Å². The largest absolute Gasteiger partial charge is 0.393 e. The van der Waals surface area contributed by atoms with Gasteiger partial charge >= 0.3 is 0 Å². The number of piperidine rings is 1. The van der Waals surface area contributed by atoms with Crippen molar-refractivity contribution in [1.29, 1.82) is 5.26 Å². The van der Waals surface area contributed by atoms with Gasteiger partial charge in [-0.1, -0.05) is 13.0 Å². The summed E-state index contributed by atoms with van der Waals surface area (Å²) in [6, 6.07) is 8.22. The number of nitrogens with zero attached hydrogens (tertiary/aromatic N) is 2. The minimum atomic E-state index is -0.206. The van der Waals surface area contributed by atoms with Crippen molar-refractivity contribution >= 4 is 5.69 Å². The maximum Gasteiger partial charge on any atom is 0.101 e. The Bertz CT molecular complexity index is 450. The smallest absolute Gasteiger partial charge is 0.101 e. The Morgan fingerprint density at radius 3 is 2.88 bits per heavy atom. The van der Waals surface area contributed by atoms with Gasteiger partial charge in [0.25, 0.3) is 0 Å². The lowest BCUT2D eigenvalue weighted by atomic mass is 9.95. The molecule has 17 heavy (non-hydrogen) atoms. The molecule has 2 unspecified atom stereocenters. The van der Waals surface area contributed by atoms with Crippen LogP contribution in [0.4, 0.5) is 5.69 Å². The molecular formula is C14H18N2O. The van der Waals surface area contributed by atoms with Crippen LogP contribution in [-0.4, -0.2) is 24.3 Å². The highest BCUT2D eigenvalue weighted by Gasteiger charge is 2.25. The third kappa shape index (κ3) is 2.42. The van der Waals surface area contributed by atoms with E-state index in [-0.39, 0.29) is 12.0 Å². The summed E-state index contributed by atoms with van der Waals surface area (Å²) in [7, 11) is 0. The third-order valence-corrected chi connectivity index (χ3v) is 3.47. The molecule has 0 aliphatic carbocycles. The van der Waals surface area contributed by atoms with Gasteiger partial charge in [-0.25, -0.2) is 0 Å². The molecule has 2 rings (SSSR count). The quantitative estimate of drug-likeness (QED) is 0.803. The van der Waals surface area contributed by atoms with Gasteiger partial charge in [0.2, 0.25) is 0 Å². The third-order valence-electron chi connectivity index (χ3n) is 3.47. The fourth-order valence-corrected chi connectivity index (χ4v) is 2.37. The van der Waals surface area contributed by atoms with Crippen molar-refractivity contribution in [3.63, 3.8) is 0 Å². The minimum absolute atomic E-state index is 0.206. The zero-order valence-electron chi connectivity index (χ0n) is 10.3. The molecule has 3 heteroatoms. The first-order valence-corrected chi connectivity index (χ1v) is 6.05. The van der Waals surface area contributed by atoms with Crippen LogP contribution in [0.1, 0.15) is 24.5 Å². The topological polar surface area (TPSA) is 47.3 Å². The zero-order valence-corrected chi connectivity index (χ0v) is 10.3. The zero-order chi connectivity index (χ0) is 12.4. The summed E-state index contributed by atoms with van der Waals surface area (Å²) in [4.78, 5) is 2.20. The lowest BCUT2D eigenvalue weighted by molar-refractivity contribution is 0.0971. The Balaban J connectivity index is 2.26. The van der Waals surface area contributed by atoms with Crippen molar-refractivity contribution in [2.24, 2.45) is 5.92 Å². The molecule has 0 aromatic heterocycles. The molecule has 1 saturated heterocycles. The van der Waals surface area contributed by atoms with Crippen LogP contribution < -0.4 is 4.90 Å². The number of hydrogen-bond acceptors (Lipinski definition) is 3. The Morgan fingerprint density at radius 2 is 2.24 bits per heavy atom. The van der Waals surface area contributed by atoms with Gasteiger partial charge in [-0.05, 0) is 37.0 Å². The van der Waals surface area contributed by atoms with Crippen LogP contribution in [-0.2, 0) is 0 Å². The van der Waals surface area contributed by atoms with Crippen molar-refractivity contribution in [3.8, 4) is 6.07 Å². The number of hydrogen-bond donors (Lipinski definition) is 1. The highest BCUT2D eigenvalue weighted by atomic mass is 16.3. The standard InChI is InChI=1S/C14H18N2O/c1-10-3-4-13(12(7-10)8-15)16-6-5-14(17)11(2)9-16/h3-4,7,11,14,17H,5-6,9H2,1-2H3. The second-order valence-electron chi connectivity index (χ2n) is 4.91. The molecular weight excluding hydrogens is 212 g/mol. The van der Waals surface area contributed by atoms with E-state index in [0.29, 0.717) is 0 Å². The van der Waals surface area contributed by atoms with Crippen LogP contribution in [0.25, 0.3) is 0 Å². The van der Waals surface area contributed by atoms with Crippen molar-refractivity contribution < 1.29 is 5.11 Å². The predicted molar refractivity (Wildman–Crippen MR) is 67.9 cm³/mol. The number of benzene rings is 1. The lowest BCUT2D eigenvalue weighted by Crippen LogP contribution is -2.42. The summed E-state index contributed by atoms with van der Waals surface area (Å²) in [5, 5.41) is 18.9. The Kier molecular flexibility index (Phi) is 3.35. The van der Waals surface area contributed by atoms with Crippen molar-refractivity contribution in [3.05, 3.63) is 29.3 Å². The molecule has 1 aliphatic heterocycles. The molecule has 2 atom stereocenters. The number of rotatable bonds is 1. The van der Waals surface area contributed by atoms with Crippen LogP contribution in [0.5, 0.6) is 0 Å². The average Bonchev–Trinajstić information content (AvgIpc) is 2.32. The first kappa shape index (κ1) is 11.9. The van der Waals surface area contributed by atoms with Gasteiger partial charge < -0.3 is 10.0 Å². The number of nitriles is 1. The summed E-state index contributed by atoms with van der Waals surface area (Å²) in [5.41, 5.74) is 2.83. The number of aliphatic hydroxyl groups excluding tert-OH is 1. The highest BCUT2D eigenvalue weighted by molar-refractivity contribution is 5.60. The Morgan fingerprint density at radius 1 is 1.47 bits per heavy atom. The Hall–Kier alpha value is -1.53. The van der Waals surface area contributed by atoms with Gasteiger partial charge in [0, 0.05) is 13.1 Å². The molecule has 1 aliphatic rings. The molecule has 0 spiro atoms. The van der Waals surface area contributed by atoms with E-state index in [2.05, 4.69) is 17.9 Å². The van der Waals surface area contributed by atoms with E-state index >= 15 is 0 Å². The fourth-order valence-electron chi connectivity index (χ4n) is 2.37. The monoisotopic (exact) mass is 230 g/mol. The van der Waals surface area contributed by atoms with E-state index in [9.17, 15) is 5.11 Å². The van der Waals surface area contributed by atoms with Gasteiger partial charge in [-0.3, -0.25) is 0 Å². The van der Waals surface area contributed by atoms with Crippen molar-refractivity contribution in [2.45, 2.75) is 26.4 Å². The summed E-state index contributed by atoms with van der Waals surface area (Å²) in [6.45, 7) is 5.69. The second-order valence-corrected chi connectivity index (χ2v) is 4.91. The number of anilines is 1. The highest BCUT2D eigenvalue weighted by Crippen LogP contribution is 2.26. The normalized spacial score (nSPS) is 24.5. The molecule has 0 saturated carbocycles. The van der Waals surface area contributed by atoms with Crippen LogP contribution in [0, 0.1) is 24.2 Å². The molecule has 1 aromatic rings. The SMILES string of the molecule is Cc1ccc(N2CCC(O)C(C)C2)c(C#N)c1. The van der Waals surface area contributed by atoms with Gasteiger partial charge in [-0.15, -0.1) is 0 Å². The molecule has 0 bridgehead atoms. The molecule has 1 heterocycles. The predicted octanol–water partition coefficient (Wildman–Crippen LogP) is 2.07. The molecule has 1 fully saturated rings. The summed E-state index contributed by atoms with van der Waals surface area (Å²) < 4.78 is 0. The van der Waals surface area contributed by atoms with E-state index in [4.69, 9.17) is 5.26 Å². The molecule has 1 aromatic carbocycles.